The molecule has 1 heteroatoms. The Labute approximate surface area is 103 Å². The van der Waals surface area contributed by atoms with E-state index in [1.54, 1.807) is 0 Å². The van der Waals surface area contributed by atoms with Gasteiger partial charge in [0.15, 0.2) is 0 Å². The van der Waals surface area contributed by atoms with Crippen LogP contribution < -0.4 is 5.32 Å². The molecule has 0 radical (unpaired) electrons. The fraction of sp³-hybridized carbons (Fsp3) is 1.00. The van der Waals surface area contributed by atoms with E-state index in [0.29, 0.717) is 6.04 Å². The molecule has 0 amide bonds. The summed E-state index contributed by atoms with van der Waals surface area (Å²) in [6.45, 7) is 13.8. The van der Waals surface area contributed by atoms with Crippen molar-refractivity contribution in [2.24, 2.45) is 11.8 Å². The summed E-state index contributed by atoms with van der Waals surface area (Å²) in [5.41, 5.74) is 0. The van der Waals surface area contributed by atoms with Crippen molar-refractivity contribution in [1.82, 2.24) is 5.32 Å². The van der Waals surface area contributed by atoms with Gasteiger partial charge in [0.2, 0.25) is 0 Å². The molecule has 1 unspecified atom stereocenters. The summed E-state index contributed by atoms with van der Waals surface area (Å²) in [7, 11) is 0. The summed E-state index contributed by atoms with van der Waals surface area (Å²) in [6.07, 6.45) is 6.83. The zero-order chi connectivity index (χ0) is 12.6. The Morgan fingerprint density at radius 1 is 0.750 bits per heavy atom. The van der Waals surface area contributed by atoms with Gasteiger partial charge in [0.05, 0.1) is 0 Å². The lowest BCUT2D eigenvalue weighted by molar-refractivity contribution is 0.359. The molecule has 0 aromatic rings. The number of rotatable bonds is 9. The Morgan fingerprint density at radius 2 is 1.31 bits per heavy atom. The van der Waals surface area contributed by atoms with Gasteiger partial charge in [-0.25, -0.2) is 0 Å². The minimum atomic E-state index is 0.619. The SMILES string of the molecule is CC(C)CCCCC(CC(C)C)NC(C)C. The predicted octanol–water partition coefficient (Wildman–Crippen LogP) is 4.62. The summed E-state index contributed by atoms with van der Waals surface area (Å²) in [5.74, 6) is 1.67. The summed E-state index contributed by atoms with van der Waals surface area (Å²) >= 11 is 0. The van der Waals surface area contributed by atoms with Crippen LogP contribution in [-0.2, 0) is 0 Å². The number of nitrogens with one attached hydrogen (secondary N) is 1. The van der Waals surface area contributed by atoms with Crippen LogP contribution in [-0.4, -0.2) is 12.1 Å². The zero-order valence-corrected chi connectivity index (χ0v) is 12.3. The largest absolute Gasteiger partial charge is 0.312 e. The van der Waals surface area contributed by atoms with Crippen LogP contribution in [0.4, 0.5) is 0 Å². The van der Waals surface area contributed by atoms with Crippen LogP contribution in [0.1, 0.15) is 73.6 Å². The fourth-order valence-corrected chi connectivity index (χ4v) is 2.25. The highest BCUT2D eigenvalue weighted by atomic mass is 14.9. The van der Waals surface area contributed by atoms with Crippen LogP contribution >= 0.6 is 0 Å². The summed E-state index contributed by atoms with van der Waals surface area (Å²) in [4.78, 5) is 0. The zero-order valence-electron chi connectivity index (χ0n) is 12.3. The lowest BCUT2D eigenvalue weighted by Crippen LogP contribution is -2.35. The van der Waals surface area contributed by atoms with E-state index in [1.807, 2.05) is 0 Å². The first-order chi connectivity index (χ1) is 7.41. The number of unbranched alkanes of at least 4 members (excludes halogenated alkanes) is 1. The maximum Gasteiger partial charge on any atom is 0.00718 e. The van der Waals surface area contributed by atoms with E-state index < -0.39 is 0 Å². The lowest BCUT2D eigenvalue weighted by Gasteiger charge is -2.23. The molecule has 0 aliphatic rings. The second-order valence-corrected chi connectivity index (χ2v) is 6.33. The van der Waals surface area contributed by atoms with E-state index in [0.717, 1.165) is 17.9 Å². The highest BCUT2D eigenvalue weighted by Gasteiger charge is 2.11. The molecule has 0 rings (SSSR count). The Balaban J connectivity index is 3.73. The Hall–Kier alpha value is -0.0400. The van der Waals surface area contributed by atoms with Crippen molar-refractivity contribution in [3.8, 4) is 0 Å². The maximum atomic E-state index is 3.70. The molecule has 1 nitrogen and oxygen atoms in total. The van der Waals surface area contributed by atoms with Crippen molar-refractivity contribution in [1.29, 1.82) is 0 Å². The monoisotopic (exact) mass is 227 g/mol. The third kappa shape index (κ3) is 10.5. The van der Waals surface area contributed by atoms with E-state index in [-0.39, 0.29) is 0 Å². The van der Waals surface area contributed by atoms with Gasteiger partial charge in [0.1, 0.15) is 0 Å². The lowest BCUT2D eigenvalue weighted by atomic mass is 9.96. The van der Waals surface area contributed by atoms with Crippen molar-refractivity contribution in [3.63, 3.8) is 0 Å². The fourth-order valence-electron chi connectivity index (χ4n) is 2.25. The smallest absolute Gasteiger partial charge is 0.00718 e. The molecule has 0 fully saturated rings. The summed E-state index contributed by atoms with van der Waals surface area (Å²) in [6, 6.07) is 1.35. The molecule has 0 spiro atoms. The third-order valence-electron chi connectivity index (χ3n) is 2.91. The molecule has 0 bridgehead atoms. The average molecular weight is 227 g/mol. The van der Waals surface area contributed by atoms with E-state index in [2.05, 4.69) is 46.9 Å². The van der Waals surface area contributed by atoms with E-state index >= 15 is 0 Å². The van der Waals surface area contributed by atoms with Gasteiger partial charge < -0.3 is 5.32 Å². The molecule has 0 saturated carbocycles. The van der Waals surface area contributed by atoms with Gasteiger partial charge in [-0.2, -0.15) is 0 Å². The minimum Gasteiger partial charge on any atom is -0.312 e. The quantitative estimate of drug-likeness (QED) is 0.567. The van der Waals surface area contributed by atoms with Crippen molar-refractivity contribution in [2.75, 3.05) is 0 Å². The maximum absolute atomic E-state index is 3.70. The third-order valence-corrected chi connectivity index (χ3v) is 2.91. The van der Waals surface area contributed by atoms with Crippen LogP contribution in [0.3, 0.4) is 0 Å². The molecule has 0 aliphatic carbocycles. The first kappa shape index (κ1) is 16.0. The molecular weight excluding hydrogens is 194 g/mol. The molecule has 0 heterocycles. The van der Waals surface area contributed by atoms with Crippen LogP contribution in [0.25, 0.3) is 0 Å². The first-order valence-electron chi connectivity index (χ1n) is 7.17. The normalized spacial score (nSPS) is 14.1. The van der Waals surface area contributed by atoms with E-state index in [4.69, 9.17) is 0 Å². The van der Waals surface area contributed by atoms with Crippen LogP contribution in [0, 0.1) is 11.8 Å². The first-order valence-corrected chi connectivity index (χ1v) is 7.17. The second kappa shape index (κ2) is 9.04. The average Bonchev–Trinajstić information content (AvgIpc) is 2.09. The minimum absolute atomic E-state index is 0.619. The molecule has 98 valence electrons. The molecule has 1 atom stereocenters. The van der Waals surface area contributed by atoms with Crippen LogP contribution in [0.5, 0.6) is 0 Å². The van der Waals surface area contributed by atoms with Crippen molar-refractivity contribution < 1.29 is 0 Å². The van der Waals surface area contributed by atoms with Crippen molar-refractivity contribution >= 4 is 0 Å². The highest BCUT2D eigenvalue weighted by molar-refractivity contribution is 4.71. The highest BCUT2D eigenvalue weighted by Crippen LogP contribution is 2.14. The standard InChI is InChI=1S/C15H33N/c1-12(2)9-7-8-10-15(11-13(3)4)16-14(5)6/h12-16H,7-11H2,1-6H3. The van der Waals surface area contributed by atoms with Gasteiger partial charge in [0, 0.05) is 12.1 Å². The predicted molar refractivity (Wildman–Crippen MR) is 74.8 cm³/mol. The van der Waals surface area contributed by atoms with Gasteiger partial charge in [-0.3, -0.25) is 0 Å². The van der Waals surface area contributed by atoms with Crippen LogP contribution in [0.2, 0.25) is 0 Å². The Morgan fingerprint density at radius 3 is 1.75 bits per heavy atom. The summed E-state index contributed by atoms with van der Waals surface area (Å²) < 4.78 is 0. The van der Waals surface area contributed by atoms with Crippen molar-refractivity contribution in [3.05, 3.63) is 0 Å². The number of hydrogen-bond donors (Lipinski definition) is 1. The molecule has 0 aromatic heterocycles. The molecule has 0 aliphatic heterocycles. The molecule has 0 saturated heterocycles. The number of hydrogen-bond acceptors (Lipinski definition) is 1. The molecule has 0 aromatic carbocycles. The van der Waals surface area contributed by atoms with Crippen molar-refractivity contribution in [2.45, 2.75) is 85.7 Å². The van der Waals surface area contributed by atoms with Crippen LogP contribution in [0.15, 0.2) is 0 Å². The van der Waals surface area contributed by atoms with Gasteiger partial charge >= 0.3 is 0 Å². The summed E-state index contributed by atoms with van der Waals surface area (Å²) in [5, 5.41) is 3.70. The second-order valence-electron chi connectivity index (χ2n) is 6.33. The Kier molecular flexibility index (Phi) is 9.02. The Bertz CT molecular complexity index is 140. The molecular formula is C15H33N. The van der Waals surface area contributed by atoms with E-state index in [1.165, 1.54) is 32.1 Å². The molecule has 1 N–H and O–H groups in total. The van der Waals surface area contributed by atoms with Gasteiger partial charge in [0.25, 0.3) is 0 Å². The van der Waals surface area contributed by atoms with Gasteiger partial charge in [-0.15, -0.1) is 0 Å². The van der Waals surface area contributed by atoms with E-state index in [9.17, 15) is 0 Å². The topological polar surface area (TPSA) is 12.0 Å². The van der Waals surface area contributed by atoms with Gasteiger partial charge in [-0.05, 0) is 24.7 Å². The molecule has 16 heavy (non-hydrogen) atoms. The van der Waals surface area contributed by atoms with Gasteiger partial charge in [-0.1, -0.05) is 60.8 Å².